The highest BCUT2D eigenvalue weighted by Gasteiger charge is 2.24. The molecule has 0 radical (unpaired) electrons. The molecular formula is C10H17N5O. The van der Waals surface area contributed by atoms with E-state index in [-0.39, 0.29) is 5.91 Å². The Hall–Kier alpha value is -1.46. The average Bonchev–Trinajstić information content (AvgIpc) is 2.65. The van der Waals surface area contributed by atoms with Gasteiger partial charge in [0.1, 0.15) is 5.82 Å². The summed E-state index contributed by atoms with van der Waals surface area (Å²) in [6, 6.07) is 0.713. The Morgan fingerprint density at radius 2 is 2.06 bits per heavy atom. The van der Waals surface area contributed by atoms with Gasteiger partial charge in [0.05, 0.1) is 6.04 Å². The van der Waals surface area contributed by atoms with Gasteiger partial charge in [-0.3, -0.25) is 4.79 Å². The summed E-state index contributed by atoms with van der Waals surface area (Å²) in [5, 5.41) is 14.5. The largest absolute Gasteiger partial charge is 0.354 e. The summed E-state index contributed by atoms with van der Waals surface area (Å²) in [4.78, 5) is 10.9. The smallest absolute Gasteiger partial charge is 0.217 e. The molecule has 0 atom stereocenters. The zero-order valence-electron chi connectivity index (χ0n) is 9.68. The first-order chi connectivity index (χ1) is 7.66. The highest BCUT2D eigenvalue weighted by molar-refractivity contribution is 5.73. The number of aryl methyl sites for hydroxylation is 1. The Morgan fingerprint density at radius 3 is 2.56 bits per heavy atom. The van der Waals surface area contributed by atoms with Gasteiger partial charge in [-0.15, -0.1) is 5.10 Å². The number of nitrogens with one attached hydrogen (secondary N) is 1. The van der Waals surface area contributed by atoms with Crippen molar-refractivity contribution >= 4 is 5.91 Å². The first-order valence-electron chi connectivity index (χ1n) is 5.68. The lowest BCUT2D eigenvalue weighted by molar-refractivity contribution is -0.119. The van der Waals surface area contributed by atoms with Gasteiger partial charge in [0.25, 0.3) is 0 Å². The van der Waals surface area contributed by atoms with Crippen LogP contribution in [0.25, 0.3) is 0 Å². The minimum Gasteiger partial charge on any atom is -0.354 e. The first kappa shape index (κ1) is 11.0. The minimum absolute atomic E-state index is 0.0575. The highest BCUT2D eigenvalue weighted by atomic mass is 16.1. The molecule has 6 heteroatoms. The molecule has 0 aromatic carbocycles. The second-order valence-corrected chi connectivity index (χ2v) is 4.38. The van der Waals surface area contributed by atoms with E-state index in [1.807, 2.05) is 11.6 Å². The van der Waals surface area contributed by atoms with Gasteiger partial charge in [0.15, 0.2) is 0 Å². The van der Waals surface area contributed by atoms with Gasteiger partial charge in [-0.25, -0.2) is 4.68 Å². The molecule has 16 heavy (non-hydrogen) atoms. The fourth-order valence-corrected chi connectivity index (χ4v) is 2.33. The van der Waals surface area contributed by atoms with E-state index in [1.54, 1.807) is 6.92 Å². The van der Waals surface area contributed by atoms with Crippen molar-refractivity contribution in [1.29, 1.82) is 0 Å². The summed E-state index contributed by atoms with van der Waals surface area (Å²) < 4.78 is 1.89. The summed E-state index contributed by atoms with van der Waals surface area (Å²) in [5.41, 5.74) is 0. The van der Waals surface area contributed by atoms with Crippen molar-refractivity contribution in [2.24, 2.45) is 0 Å². The number of rotatable bonds is 2. The number of nitrogens with zero attached hydrogens (tertiary/aromatic N) is 4. The molecule has 0 unspecified atom stereocenters. The molecule has 88 valence electrons. The van der Waals surface area contributed by atoms with Crippen LogP contribution in [0.3, 0.4) is 0 Å². The van der Waals surface area contributed by atoms with Crippen molar-refractivity contribution in [2.45, 2.75) is 51.6 Å². The maximum Gasteiger partial charge on any atom is 0.217 e. The fourth-order valence-electron chi connectivity index (χ4n) is 2.33. The lowest BCUT2D eigenvalue weighted by Gasteiger charge is -2.28. The zero-order chi connectivity index (χ0) is 11.5. The van der Waals surface area contributed by atoms with Gasteiger partial charge in [0, 0.05) is 13.0 Å². The van der Waals surface area contributed by atoms with Gasteiger partial charge in [0.2, 0.25) is 5.91 Å². The molecule has 0 spiro atoms. The topological polar surface area (TPSA) is 72.7 Å². The monoisotopic (exact) mass is 223 g/mol. The van der Waals surface area contributed by atoms with Crippen LogP contribution in [-0.2, 0) is 4.79 Å². The van der Waals surface area contributed by atoms with Crippen LogP contribution < -0.4 is 5.32 Å². The molecule has 1 aliphatic carbocycles. The molecular weight excluding hydrogens is 206 g/mol. The van der Waals surface area contributed by atoms with E-state index >= 15 is 0 Å². The van der Waals surface area contributed by atoms with E-state index in [0.29, 0.717) is 12.1 Å². The third-order valence-electron chi connectivity index (χ3n) is 3.11. The van der Waals surface area contributed by atoms with Crippen molar-refractivity contribution < 1.29 is 4.79 Å². The Morgan fingerprint density at radius 1 is 1.38 bits per heavy atom. The van der Waals surface area contributed by atoms with Crippen LogP contribution in [0.5, 0.6) is 0 Å². The molecule has 1 aromatic heterocycles. The summed E-state index contributed by atoms with van der Waals surface area (Å²) in [6.45, 7) is 3.48. The van der Waals surface area contributed by atoms with Crippen LogP contribution in [-0.4, -0.2) is 32.2 Å². The molecule has 1 aromatic rings. The summed E-state index contributed by atoms with van der Waals surface area (Å²) >= 11 is 0. The van der Waals surface area contributed by atoms with E-state index in [1.165, 1.54) is 0 Å². The molecule has 1 fully saturated rings. The van der Waals surface area contributed by atoms with E-state index in [2.05, 4.69) is 20.8 Å². The molecule has 1 N–H and O–H groups in total. The van der Waals surface area contributed by atoms with E-state index in [4.69, 9.17) is 0 Å². The van der Waals surface area contributed by atoms with Gasteiger partial charge in [-0.1, -0.05) is 0 Å². The van der Waals surface area contributed by atoms with Gasteiger partial charge in [-0.05, 0) is 43.0 Å². The van der Waals surface area contributed by atoms with Crippen LogP contribution in [0.4, 0.5) is 0 Å². The van der Waals surface area contributed by atoms with E-state index in [9.17, 15) is 4.79 Å². The third kappa shape index (κ3) is 2.37. The molecule has 0 aliphatic heterocycles. The molecule has 1 heterocycles. The molecule has 0 saturated heterocycles. The predicted molar refractivity (Wildman–Crippen MR) is 57.7 cm³/mol. The molecule has 6 nitrogen and oxygen atoms in total. The molecule has 0 bridgehead atoms. The SMILES string of the molecule is CC(=O)NC1CCC(n2nnnc2C)CC1. The van der Waals surface area contributed by atoms with Gasteiger partial charge >= 0.3 is 0 Å². The van der Waals surface area contributed by atoms with Crippen molar-refractivity contribution in [2.75, 3.05) is 0 Å². The van der Waals surface area contributed by atoms with Gasteiger partial charge in [-0.2, -0.15) is 0 Å². The number of amides is 1. The standard InChI is InChI=1S/C10H17N5O/c1-7-12-13-14-15(7)10-5-3-9(4-6-10)11-8(2)16/h9-10H,3-6H2,1-2H3,(H,11,16). The normalized spacial score (nSPS) is 25.4. The predicted octanol–water partition coefficient (Wildman–Crippen LogP) is 0.601. The number of carbonyl (C=O) groups excluding carboxylic acids is 1. The second kappa shape index (κ2) is 4.59. The maximum absolute atomic E-state index is 10.9. The highest BCUT2D eigenvalue weighted by Crippen LogP contribution is 2.28. The minimum atomic E-state index is 0.0575. The van der Waals surface area contributed by atoms with Crippen LogP contribution in [0.1, 0.15) is 44.5 Å². The van der Waals surface area contributed by atoms with Crippen molar-refractivity contribution in [3.8, 4) is 0 Å². The molecule has 1 saturated carbocycles. The van der Waals surface area contributed by atoms with Crippen LogP contribution >= 0.6 is 0 Å². The summed E-state index contributed by atoms with van der Waals surface area (Å²) in [5.74, 6) is 0.921. The van der Waals surface area contributed by atoms with Crippen molar-refractivity contribution in [1.82, 2.24) is 25.5 Å². The van der Waals surface area contributed by atoms with Crippen molar-refractivity contribution in [3.05, 3.63) is 5.82 Å². The Bertz CT molecular complexity index is 367. The lowest BCUT2D eigenvalue weighted by atomic mass is 9.91. The fraction of sp³-hybridized carbons (Fsp3) is 0.800. The maximum atomic E-state index is 10.9. The van der Waals surface area contributed by atoms with Gasteiger partial charge < -0.3 is 5.32 Å². The molecule has 1 aliphatic rings. The molecule has 1 amide bonds. The Balaban J connectivity index is 1.90. The summed E-state index contributed by atoms with van der Waals surface area (Å²) in [7, 11) is 0. The van der Waals surface area contributed by atoms with E-state index < -0.39 is 0 Å². The molecule has 2 rings (SSSR count). The number of hydrogen-bond acceptors (Lipinski definition) is 4. The summed E-state index contributed by atoms with van der Waals surface area (Å²) in [6.07, 6.45) is 4.06. The number of aromatic nitrogens is 4. The van der Waals surface area contributed by atoms with Crippen LogP contribution in [0, 0.1) is 6.92 Å². The van der Waals surface area contributed by atoms with Crippen molar-refractivity contribution in [3.63, 3.8) is 0 Å². The Labute approximate surface area is 94.4 Å². The third-order valence-corrected chi connectivity index (χ3v) is 3.11. The van der Waals surface area contributed by atoms with Crippen LogP contribution in [0.2, 0.25) is 0 Å². The van der Waals surface area contributed by atoms with Crippen LogP contribution in [0.15, 0.2) is 0 Å². The lowest BCUT2D eigenvalue weighted by Crippen LogP contribution is -2.36. The quantitative estimate of drug-likeness (QED) is 0.797. The average molecular weight is 223 g/mol. The first-order valence-corrected chi connectivity index (χ1v) is 5.68. The zero-order valence-corrected chi connectivity index (χ0v) is 9.68. The number of carbonyl (C=O) groups is 1. The number of tetrazole rings is 1. The number of hydrogen-bond donors (Lipinski definition) is 1. The Kier molecular flexibility index (Phi) is 3.17. The van der Waals surface area contributed by atoms with E-state index in [0.717, 1.165) is 31.5 Å². The second-order valence-electron chi connectivity index (χ2n) is 4.38.